The molecule has 1 rings (SSSR count). The van der Waals surface area contributed by atoms with Crippen molar-refractivity contribution in [3.63, 3.8) is 0 Å². The van der Waals surface area contributed by atoms with Gasteiger partial charge in [-0.3, -0.25) is 0 Å². The average Bonchev–Trinajstić information content (AvgIpc) is 2.40. The maximum absolute atomic E-state index is 5.85. The van der Waals surface area contributed by atoms with E-state index in [1.54, 1.807) is 0 Å². The van der Waals surface area contributed by atoms with Crippen molar-refractivity contribution in [2.45, 2.75) is 44.6 Å². The number of rotatable bonds is 10. The second-order valence-electron chi connectivity index (χ2n) is 4.51. The zero-order valence-electron chi connectivity index (χ0n) is 12.7. The summed E-state index contributed by atoms with van der Waals surface area (Å²) in [6.45, 7) is 7.88. The van der Waals surface area contributed by atoms with Gasteiger partial charge in [-0.05, 0) is 51.3 Å². The maximum atomic E-state index is 5.85. The number of benzene rings is 1. The van der Waals surface area contributed by atoms with Crippen molar-refractivity contribution in [1.82, 2.24) is 0 Å². The summed E-state index contributed by atoms with van der Waals surface area (Å²) in [5.41, 5.74) is 1.30. The van der Waals surface area contributed by atoms with E-state index in [2.05, 4.69) is 24.8 Å². The van der Waals surface area contributed by atoms with Gasteiger partial charge in [0.2, 0.25) is 0 Å². The van der Waals surface area contributed by atoms with Gasteiger partial charge in [0.25, 0.3) is 0 Å². The molecule has 3 nitrogen and oxygen atoms in total. The highest BCUT2D eigenvalue weighted by atomic mass is 32.1. The third-order valence-corrected chi connectivity index (χ3v) is 6.38. The minimum Gasteiger partial charge on any atom is -0.374 e. The molecule has 0 heterocycles. The molecule has 0 aromatic heterocycles. The zero-order chi connectivity index (χ0) is 14.8. The summed E-state index contributed by atoms with van der Waals surface area (Å²) in [7, 11) is -2.48. The van der Waals surface area contributed by atoms with Gasteiger partial charge in [-0.2, -0.15) is 0 Å². The molecule has 0 N–H and O–H groups in total. The van der Waals surface area contributed by atoms with Crippen molar-refractivity contribution >= 4 is 21.4 Å². The first-order chi connectivity index (χ1) is 9.65. The summed E-state index contributed by atoms with van der Waals surface area (Å²) in [6, 6.07) is 9.13. The Labute approximate surface area is 129 Å². The third-order valence-electron chi connectivity index (χ3n) is 2.95. The Morgan fingerprint density at radius 3 is 2.10 bits per heavy atom. The molecule has 0 aliphatic rings. The van der Waals surface area contributed by atoms with E-state index >= 15 is 0 Å². The van der Waals surface area contributed by atoms with Crippen molar-refractivity contribution in [3.05, 3.63) is 29.8 Å². The van der Waals surface area contributed by atoms with Crippen LogP contribution in [0, 0.1) is 0 Å². The summed E-state index contributed by atoms with van der Waals surface area (Å²) in [6.07, 6.45) is 2.00. The quantitative estimate of drug-likeness (QED) is 0.523. The van der Waals surface area contributed by atoms with Crippen LogP contribution in [0.2, 0.25) is 6.04 Å². The number of thiol groups is 1. The average molecular weight is 315 g/mol. The van der Waals surface area contributed by atoms with Crippen LogP contribution in [0.25, 0.3) is 0 Å². The molecular weight excluding hydrogens is 288 g/mol. The van der Waals surface area contributed by atoms with Crippen LogP contribution in [0.5, 0.6) is 0 Å². The van der Waals surface area contributed by atoms with E-state index in [9.17, 15) is 0 Å². The maximum Gasteiger partial charge on any atom is 0.500 e. The molecule has 0 aliphatic heterocycles. The molecule has 0 bridgehead atoms. The van der Waals surface area contributed by atoms with Gasteiger partial charge in [0.15, 0.2) is 0 Å². The Bertz CT molecular complexity index is 370. The third kappa shape index (κ3) is 5.97. The van der Waals surface area contributed by atoms with E-state index in [0.29, 0.717) is 19.8 Å². The number of hydrogen-bond acceptors (Lipinski definition) is 4. The largest absolute Gasteiger partial charge is 0.500 e. The summed E-state index contributed by atoms with van der Waals surface area (Å²) in [5, 5.41) is 0. The van der Waals surface area contributed by atoms with Crippen LogP contribution in [0.1, 0.15) is 32.8 Å². The highest BCUT2D eigenvalue weighted by molar-refractivity contribution is 7.80. The van der Waals surface area contributed by atoms with Gasteiger partial charge >= 0.3 is 8.80 Å². The fourth-order valence-electron chi connectivity index (χ4n) is 2.22. The lowest BCUT2D eigenvalue weighted by Crippen LogP contribution is -2.46. The second-order valence-corrected chi connectivity index (χ2v) is 7.75. The van der Waals surface area contributed by atoms with E-state index in [1.165, 1.54) is 5.56 Å². The lowest BCUT2D eigenvalue weighted by atomic mass is 10.1. The first kappa shape index (κ1) is 17.7. The molecule has 20 heavy (non-hydrogen) atoms. The molecule has 0 saturated carbocycles. The first-order valence-corrected chi connectivity index (χ1v) is 9.73. The topological polar surface area (TPSA) is 27.7 Å². The molecule has 0 saturated heterocycles. The Hall–Kier alpha value is -0.333. The molecule has 114 valence electrons. The highest BCUT2D eigenvalue weighted by Crippen LogP contribution is 2.20. The zero-order valence-corrected chi connectivity index (χ0v) is 14.6. The van der Waals surface area contributed by atoms with Crippen molar-refractivity contribution in [2.24, 2.45) is 0 Å². The van der Waals surface area contributed by atoms with Crippen LogP contribution in [-0.4, -0.2) is 28.6 Å². The van der Waals surface area contributed by atoms with Gasteiger partial charge < -0.3 is 13.3 Å². The summed E-state index contributed by atoms with van der Waals surface area (Å²) in [4.78, 5) is 1.01. The molecule has 0 aliphatic carbocycles. The molecule has 0 radical (unpaired) electrons. The molecule has 5 heteroatoms. The van der Waals surface area contributed by atoms with E-state index in [1.807, 2.05) is 32.9 Å². The normalized spacial score (nSPS) is 11.8. The molecule has 1 aromatic carbocycles. The molecule has 1 aromatic rings. The Balaban J connectivity index is 2.56. The minimum absolute atomic E-state index is 0.637. The van der Waals surface area contributed by atoms with Crippen molar-refractivity contribution < 1.29 is 13.3 Å². The van der Waals surface area contributed by atoms with Gasteiger partial charge in [0.05, 0.1) is 0 Å². The van der Waals surface area contributed by atoms with Crippen LogP contribution in [0.15, 0.2) is 29.2 Å². The monoisotopic (exact) mass is 314 g/mol. The van der Waals surface area contributed by atoms with Crippen LogP contribution >= 0.6 is 12.6 Å². The van der Waals surface area contributed by atoms with E-state index < -0.39 is 8.80 Å². The predicted octanol–water partition coefficient (Wildman–Crippen LogP) is 3.96. The predicted molar refractivity (Wildman–Crippen MR) is 87.5 cm³/mol. The van der Waals surface area contributed by atoms with Crippen LogP contribution in [0.4, 0.5) is 0 Å². The van der Waals surface area contributed by atoms with E-state index in [0.717, 1.165) is 23.8 Å². The molecule has 0 spiro atoms. The van der Waals surface area contributed by atoms with Gasteiger partial charge in [0.1, 0.15) is 0 Å². The van der Waals surface area contributed by atoms with Gasteiger partial charge in [-0.1, -0.05) is 12.1 Å². The summed E-state index contributed by atoms with van der Waals surface area (Å²) < 4.78 is 17.6. The Morgan fingerprint density at radius 1 is 1.00 bits per heavy atom. The summed E-state index contributed by atoms with van der Waals surface area (Å²) in [5.74, 6) is 0. The van der Waals surface area contributed by atoms with Crippen LogP contribution in [-0.2, 0) is 19.7 Å². The lowest BCUT2D eigenvalue weighted by molar-refractivity contribution is 0.0708. The van der Waals surface area contributed by atoms with Gasteiger partial charge in [-0.15, -0.1) is 12.6 Å². The molecule has 0 unspecified atom stereocenters. The van der Waals surface area contributed by atoms with Gasteiger partial charge in [0, 0.05) is 30.8 Å². The fraction of sp³-hybridized carbons (Fsp3) is 0.600. The molecule has 0 fully saturated rings. The molecule has 0 amide bonds. The van der Waals surface area contributed by atoms with Crippen molar-refractivity contribution in [3.8, 4) is 0 Å². The van der Waals surface area contributed by atoms with Crippen molar-refractivity contribution in [2.75, 3.05) is 19.8 Å². The SMILES string of the molecule is CCO[Si](CCCc1cccc(S)c1)(OCC)OCC. The number of aryl methyl sites for hydroxylation is 1. The van der Waals surface area contributed by atoms with E-state index in [4.69, 9.17) is 13.3 Å². The molecule has 0 atom stereocenters. The summed E-state index contributed by atoms with van der Waals surface area (Å²) >= 11 is 4.37. The lowest BCUT2D eigenvalue weighted by Gasteiger charge is -2.28. The first-order valence-electron chi connectivity index (χ1n) is 7.35. The van der Waals surface area contributed by atoms with Crippen molar-refractivity contribution in [1.29, 1.82) is 0 Å². The Morgan fingerprint density at radius 2 is 1.60 bits per heavy atom. The minimum atomic E-state index is -2.48. The van der Waals surface area contributed by atoms with Gasteiger partial charge in [-0.25, -0.2) is 0 Å². The van der Waals surface area contributed by atoms with Crippen LogP contribution < -0.4 is 0 Å². The van der Waals surface area contributed by atoms with E-state index in [-0.39, 0.29) is 0 Å². The standard InChI is InChI=1S/C15H26O3SSi/c1-4-16-20(17-5-2,18-6-3)12-8-10-14-9-7-11-15(19)13-14/h7,9,11,13,19H,4-6,8,10,12H2,1-3H3. The fourth-order valence-corrected chi connectivity index (χ4v) is 5.09. The number of hydrogen-bond donors (Lipinski definition) is 1. The molecular formula is C15H26O3SSi. The van der Waals surface area contributed by atoms with Crippen LogP contribution in [0.3, 0.4) is 0 Å². The second kappa shape index (κ2) is 9.58. The Kier molecular flexibility index (Phi) is 8.48. The smallest absolute Gasteiger partial charge is 0.374 e. The highest BCUT2D eigenvalue weighted by Gasteiger charge is 2.39.